The zero-order valence-corrected chi connectivity index (χ0v) is 8.09. The van der Waals surface area contributed by atoms with Crippen LogP contribution in [0.3, 0.4) is 0 Å². The van der Waals surface area contributed by atoms with Gasteiger partial charge in [-0.25, -0.2) is 9.18 Å². The minimum atomic E-state index is -1.75. The van der Waals surface area contributed by atoms with Gasteiger partial charge in [0.1, 0.15) is 11.9 Å². The molecule has 1 aromatic rings. The lowest BCUT2D eigenvalue weighted by atomic mass is 10.2. The van der Waals surface area contributed by atoms with E-state index in [4.69, 9.17) is 4.74 Å². The van der Waals surface area contributed by atoms with Crippen molar-refractivity contribution in [2.24, 2.45) is 0 Å². The van der Waals surface area contributed by atoms with Crippen molar-refractivity contribution >= 4 is 0 Å². The number of rotatable bonds is 1. The fourth-order valence-electron chi connectivity index (χ4n) is 1.47. The number of aromatic nitrogens is 2. The number of ether oxygens (including phenoxy) is 1. The Morgan fingerprint density at radius 3 is 2.75 bits per heavy atom. The predicted octanol–water partition coefficient (Wildman–Crippen LogP) is -0.722. The second-order valence-corrected chi connectivity index (χ2v) is 3.38. The smallest absolute Gasteiger partial charge is 0.331 e. The van der Waals surface area contributed by atoms with Gasteiger partial charge in [0, 0.05) is 12.3 Å². The maximum Gasteiger partial charge on any atom is 0.331 e. The van der Waals surface area contributed by atoms with E-state index >= 15 is 0 Å². The van der Waals surface area contributed by atoms with Crippen molar-refractivity contribution in [1.29, 1.82) is 0 Å². The summed E-state index contributed by atoms with van der Waals surface area (Å²) in [6.07, 6.45) is -3.34. The summed E-state index contributed by atoms with van der Waals surface area (Å²) in [4.78, 5) is 24.1. The number of alkyl halides is 1. The van der Waals surface area contributed by atoms with Crippen molar-refractivity contribution in [3.63, 3.8) is 0 Å². The zero-order valence-electron chi connectivity index (χ0n) is 8.09. The van der Waals surface area contributed by atoms with E-state index in [9.17, 15) is 19.1 Å². The average Bonchev–Trinajstić information content (AvgIpc) is 2.46. The zero-order chi connectivity index (χ0) is 11.9. The predicted molar refractivity (Wildman–Crippen MR) is 51.5 cm³/mol. The maximum atomic E-state index is 13.2. The van der Waals surface area contributed by atoms with E-state index in [0.29, 0.717) is 0 Å². The van der Waals surface area contributed by atoms with Gasteiger partial charge in [0.2, 0.25) is 6.23 Å². The van der Waals surface area contributed by atoms with Crippen LogP contribution < -0.4 is 11.2 Å². The van der Waals surface area contributed by atoms with Gasteiger partial charge in [-0.1, -0.05) is 6.58 Å². The molecule has 0 aromatic carbocycles. The van der Waals surface area contributed by atoms with Crippen LogP contribution >= 0.6 is 0 Å². The third-order valence-corrected chi connectivity index (χ3v) is 2.30. The molecule has 2 N–H and O–H groups in total. The average molecular weight is 228 g/mol. The Labute approximate surface area is 88.6 Å². The number of aliphatic hydroxyl groups is 1. The highest BCUT2D eigenvalue weighted by atomic mass is 19.1. The minimum absolute atomic E-state index is 0.240. The molecule has 0 radical (unpaired) electrons. The SMILES string of the molecule is C=C1O[C@@H](n2ccc(=O)[nH]c2=O)[C@@H](O)[C@@H]1F. The fourth-order valence-corrected chi connectivity index (χ4v) is 1.47. The summed E-state index contributed by atoms with van der Waals surface area (Å²) < 4.78 is 19.0. The molecule has 7 heteroatoms. The molecule has 0 spiro atoms. The molecule has 1 fully saturated rings. The van der Waals surface area contributed by atoms with Crippen molar-refractivity contribution in [3.8, 4) is 0 Å². The molecule has 86 valence electrons. The van der Waals surface area contributed by atoms with E-state index in [2.05, 4.69) is 6.58 Å². The van der Waals surface area contributed by atoms with Crippen LogP contribution in [0.1, 0.15) is 6.23 Å². The van der Waals surface area contributed by atoms with Crippen LogP contribution in [0, 0.1) is 0 Å². The lowest BCUT2D eigenvalue weighted by Gasteiger charge is -2.15. The Bertz CT molecular complexity index is 535. The number of aromatic amines is 1. The fraction of sp³-hybridized carbons (Fsp3) is 0.333. The van der Waals surface area contributed by atoms with Gasteiger partial charge in [0.05, 0.1) is 0 Å². The van der Waals surface area contributed by atoms with Crippen molar-refractivity contribution in [1.82, 2.24) is 9.55 Å². The van der Waals surface area contributed by atoms with Crippen LogP contribution in [0.2, 0.25) is 0 Å². The van der Waals surface area contributed by atoms with Gasteiger partial charge in [-0.05, 0) is 0 Å². The molecule has 0 saturated carbocycles. The van der Waals surface area contributed by atoms with Crippen molar-refractivity contribution in [3.05, 3.63) is 45.4 Å². The molecule has 1 aromatic heterocycles. The number of nitrogens with zero attached hydrogens (tertiary/aromatic N) is 1. The molecule has 2 rings (SSSR count). The lowest BCUT2D eigenvalue weighted by molar-refractivity contribution is -0.00487. The van der Waals surface area contributed by atoms with E-state index in [0.717, 1.165) is 16.8 Å². The third kappa shape index (κ3) is 1.54. The molecule has 1 aliphatic rings. The van der Waals surface area contributed by atoms with Gasteiger partial charge in [0.15, 0.2) is 6.17 Å². The lowest BCUT2D eigenvalue weighted by Crippen LogP contribution is -2.36. The molecular weight excluding hydrogens is 219 g/mol. The van der Waals surface area contributed by atoms with Gasteiger partial charge in [0.25, 0.3) is 5.56 Å². The number of hydrogen-bond donors (Lipinski definition) is 2. The molecule has 16 heavy (non-hydrogen) atoms. The summed E-state index contributed by atoms with van der Waals surface area (Å²) in [5.74, 6) is -0.240. The second kappa shape index (κ2) is 3.60. The number of aliphatic hydroxyl groups excluding tert-OH is 1. The summed E-state index contributed by atoms with van der Waals surface area (Å²) in [7, 11) is 0. The number of H-pyrrole nitrogens is 1. The first-order valence-electron chi connectivity index (χ1n) is 4.50. The molecule has 6 nitrogen and oxygen atoms in total. The van der Waals surface area contributed by atoms with Crippen molar-refractivity contribution in [2.45, 2.75) is 18.5 Å². The van der Waals surface area contributed by atoms with E-state index in [-0.39, 0.29) is 5.76 Å². The standard InChI is InChI=1S/C9H9FN2O4/c1-4-6(10)7(14)8(16-4)12-3-2-5(13)11-9(12)15/h2-3,6-8,14H,1H2,(H,11,13,15)/t6-,7+,8-/m1/s1. The first kappa shape index (κ1) is 10.6. The van der Waals surface area contributed by atoms with Gasteiger partial charge < -0.3 is 9.84 Å². The number of halogens is 1. The Balaban J connectivity index is 2.43. The topological polar surface area (TPSA) is 84.3 Å². The van der Waals surface area contributed by atoms with Crippen molar-refractivity contribution in [2.75, 3.05) is 0 Å². The summed E-state index contributed by atoms with van der Waals surface area (Å²) in [6, 6.07) is 1.08. The van der Waals surface area contributed by atoms with Crippen LogP contribution in [-0.4, -0.2) is 26.9 Å². The normalized spacial score (nSPS) is 29.1. The molecule has 0 bridgehead atoms. The van der Waals surface area contributed by atoms with Gasteiger partial charge in [-0.15, -0.1) is 0 Å². The molecule has 3 atom stereocenters. The van der Waals surface area contributed by atoms with Crippen LogP contribution in [0.25, 0.3) is 0 Å². The number of hydrogen-bond acceptors (Lipinski definition) is 4. The largest absolute Gasteiger partial charge is 0.469 e. The van der Waals surface area contributed by atoms with E-state index in [1.54, 1.807) is 0 Å². The number of nitrogens with one attached hydrogen (secondary N) is 1. The molecule has 2 heterocycles. The Morgan fingerprint density at radius 1 is 1.56 bits per heavy atom. The molecular formula is C9H9FN2O4. The van der Waals surface area contributed by atoms with Crippen LogP contribution in [0.15, 0.2) is 34.2 Å². The molecule has 1 saturated heterocycles. The first-order chi connectivity index (χ1) is 7.50. The summed E-state index contributed by atoms with van der Waals surface area (Å²) in [5, 5.41) is 9.46. The van der Waals surface area contributed by atoms with Crippen molar-refractivity contribution < 1.29 is 14.2 Å². The van der Waals surface area contributed by atoms with Crippen LogP contribution in [0.5, 0.6) is 0 Å². The third-order valence-electron chi connectivity index (χ3n) is 2.30. The Morgan fingerprint density at radius 2 is 2.25 bits per heavy atom. The minimum Gasteiger partial charge on any atom is -0.469 e. The van der Waals surface area contributed by atoms with E-state index in [1.165, 1.54) is 0 Å². The molecule has 1 aliphatic heterocycles. The first-order valence-corrected chi connectivity index (χ1v) is 4.50. The maximum absolute atomic E-state index is 13.2. The Hall–Kier alpha value is -1.89. The quantitative estimate of drug-likeness (QED) is 0.664. The van der Waals surface area contributed by atoms with Gasteiger partial charge in [-0.2, -0.15) is 0 Å². The van der Waals surface area contributed by atoms with Crippen LogP contribution in [0.4, 0.5) is 4.39 Å². The summed E-state index contributed by atoms with van der Waals surface area (Å²) >= 11 is 0. The highest BCUT2D eigenvalue weighted by Crippen LogP contribution is 2.31. The highest BCUT2D eigenvalue weighted by Gasteiger charge is 2.41. The Kier molecular flexibility index (Phi) is 2.39. The summed E-state index contributed by atoms with van der Waals surface area (Å²) in [6.45, 7) is 3.26. The monoisotopic (exact) mass is 228 g/mol. The highest BCUT2D eigenvalue weighted by molar-refractivity contribution is 5.05. The molecule has 0 amide bonds. The van der Waals surface area contributed by atoms with E-state index < -0.39 is 29.8 Å². The molecule has 0 unspecified atom stereocenters. The van der Waals surface area contributed by atoms with Crippen LogP contribution in [-0.2, 0) is 4.74 Å². The van der Waals surface area contributed by atoms with Gasteiger partial charge in [-0.3, -0.25) is 14.3 Å². The second-order valence-electron chi connectivity index (χ2n) is 3.38. The molecule has 0 aliphatic carbocycles. The van der Waals surface area contributed by atoms with E-state index in [1.807, 2.05) is 4.98 Å². The van der Waals surface area contributed by atoms with Gasteiger partial charge >= 0.3 is 5.69 Å². The summed E-state index contributed by atoms with van der Waals surface area (Å²) in [5.41, 5.74) is -1.36.